The molecule has 0 heterocycles. The van der Waals surface area contributed by atoms with Crippen molar-refractivity contribution in [1.29, 1.82) is 0 Å². The van der Waals surface area contributed by atoms with E-state index in [0.29, 0.717) is 5.71 Å². The highest BCUT2D eigenvalue weighted by molar-refractivity contribution is 6.11. The number of hydrogen-bond acceptors (Lipinski definition) is 3. The fraction of sp³-hybridized carbons (Fsp3) is 0.0833. The summed E-state index contributed by atoms with van der Waals surface area (Å²) in [7, 11) is 0. The van der Waals surface area contributed by atoms with Crippen molar-refractivity contribution < 1.29 is 4.79 Å². The molecular weight excluding hydrogens is 346 g/mol. The number of aryl methyl sites for hydroxylation is 1. The van der Waals surface area contributed by atoms with E-state index in [2.05, 4.69) is 15.8 Å². The summed E-state index contributed by atoms with van der Waals surface area (Å²) < 4.78 is 0. The first-order chi connectivity index (χ1) is 13.7. The van der Waals surface area contributed by atoms with Gasteiger partial charge in [-0.1, -0.05) is 84.9 Å². The van der Waals surface area contributed by atoms with Crippen LogP contribution in [0.25, 0.3) is 6.08 Å². The Morgan fingerprint density at radius 2 is 1.54 bits per heavy atom. The zero-order valence-electron chi connectivity index (χ0n) is 15.8. The van der Waals surface area contributed by atoms with Gasteiger partial charge in [0.15, 0.2) is 0 Å². The maximum atomic E-state index is 12.2. The predicted octanol–water partition coefficient (Wildman–Crippen LogP) is 4.64. The van der Waals surface area contributed by atoms with Gasteiger partial charge in [-0.15, -0.1) is 0 Å². The smallest absolute Gasteiger partial charge is 0.259 e. The van der Waals surface area contributed by atoms with Gasteiger partial charge in [-0.25, -0.2) is 5.43 Å². The molecule has 1 amide bonds. The second-order valence-corrected chi connectivity index (χ2v) is 6.31. The summed E-state index contributed by atoms with van der Waals surface area (Å²) in [5, 5.41) is 7.47. The molecule has 0 aliphatic heterocycles. The lowest BCUT2D eigenvalue weighted by Gasteiger charge is -2.08. The van der Waals surface area contributed by atoms with E-state index >= 15 is 0 Å². The summed E-state index contributed by atoms with van der Waals surface area (Å²) in [6.45, 7) is 2.15. The number of rotatable bonds is 7. The zero-order valence-corrected chi connectivity index (χ0v) is 15.8. The van der Waals surface area contributed by atoms with E-state index in [1.165, 1.54) is 0 Å². The number of carbonyl (C=O) groups excluding carboxylic acids is 1. The van der Waals surface area contributed by atoms with E-state index in [-0.39, 0.29) is 12.5 Å². The molecule has 0 aromatic heterocycles. The third-order valence-electron chi connectivity index (χ3n) is 4.19. The van der Waals surface area contributed by atoms with Crippen molar-refractivity contribution in [3.63, 3.8) is 0 Å². The summed E-state index contributed by atoms with van der Waals surface area (Å²) in [6.07, 6.45) is 3.88. The average Bonchev–Trinajstić information content (AvgIpc) is 2.74. The first kappa shape index (κ1) is 19.1. The maximum Gasteiger partial charge on any atom is 0.259 e. The van der Waals surface area contributed by atoms with Crippen LogP contribution >= 0.6 is 0 Å². The van der Waals surface area contributed by atoms with E-state index in [4.69, 9.17) is 0 Å². The van der Waals surface area contributed by atoms with Crippen molar-refractivity contribution in [2.24, 2.45) is 5.10 Å². The number of benzene rings is 3. The Hall–Kier alpha value is -3.66. The van der Waals surface area contributed by atoms with E-state index in [1.54, 1.807) is 0 Å². The molecule has 140 valence electrons. The SMILES string of the molecule is Cc1ccccc1NCC(=O)NN=C(/C=C\c1ccccc1)c1ccccc1. The van der Waals surface area contributed by atoms with Gasteiger partial charge in [0.2, 0.25) is 0 Å². The lowest BCUT2D eigenvalue weighted by Crippen LogP contribution is -2.27. The van der Waals surface area contributed by atoms with Gasteiger partial charge in [0, 0.05) is 11.3 Å². The largest absolute Gasteiger partial charge is 0.376 e. The van der Waals surface area contributed by atoms with Crippen LogP contribution in [0.2, 0.25) is 0 Å². The minimum atomic E-state index is -0.204. The lowest BCUT2D eigenvalue weighted by molar-refractivity contribution is -0.119. The summed E-state index contributed by atoms with van der Waals surface area (Å²) in [6, 6.07) is 27.6. The lowest BCUT2D eigenvalue weighted by atomic mass is 10.1. The minimum absolute atomic E-state index is 0.152. The second-order valence-electron chi connectivity index (χ2n) is 6.31. The van der Waals surface area contributed by atoms with Crippen molar-refractivity contribution in [2.75, 3.05) is 11.9 Å². The van der Waals surface area contributed by atoms with Gasteiger partial charge in [0.05, 0.1) is 12.3 Å². The monoisotopic (exact) mass is 369 g/mol. The molecule has 0 saturated carbocycles. The molecule has 0 fully saturated rings. The summed E-state index contributed by atoms with van der Waals surface area (Å²) in [4.78, 5) is 12.2. The Labute approximate surface area is 165 Å². The van der Waals surface area contributed by atoms with Gasteiger partial charge >= 0.3 is 0 Å². The van der Waals surface area contributed by atoms with Gasteiger partial charge in [-0.2, -0.15) is 5.10 Å². The predicted molar refractivity (Wildman–Crippen MR) is 116 cm³/mol. The second kappa shape index (κ2) is 9.88. The number of para-hydroxylation sites is 1. The summed E-state index contributed by atoms with van der Waals surface area (Å²) >= 11 is 0. The third-order valence-corrected chi connectivity index (χ3v) is 4.19. The van der Waals surface area contributed by atoms with E-state index in [1.807, 2.05) is 104 Å². The highest BCUT2D eigenvalue weighted by Gasteiger charge is 2.04. The molecule has 3 rings (SSSR count). The van der Waals surface area contributed by atoms with Crippen LogP contribution in [0.3, 0.4) is 0 Å². The van der Waals surface area contributed by atoms with Crippen LogP contribution in [0.5, 0.6) is 0 Å². The quantitative estimate of drug-likeness (QED) is 0.471. The topological polar surface area (TPSA) is 53.5 Å². The number of hydrazone groups is 1. The Balaban J connectivity index is 1.69. The molecule has 0 aliphatic rings. The molecule has 0 saturated heterocycles. The fourth-order valence-corrected chi connectivity index (χ4v) is 2.66. The molecule has 0 spiro atoms. The van der Waals surface area contributed by atoms with Crippen LogP contribution in [-0.2, 0) is 4.79 Å². The van der Waals surface area contributed by atoms with Crippen LogP contribution in [0, 0.1) is 6.92 Å². The average molecular weight is 369 g/mol. The molecule has 0 radical (unpaired) electrons. The Bertz CT molecular complexity index is 963. The summed E-state index contributed by atoms with van der Waals surface area (Å²) in [5.74, 6) is -0.204. The number of allylic oxidation sites excluding steroid dienone is 1. The molecule has 28 heavy (non-hydrogen) atoms. The Morgan fingerprint density at radius 3 is 2.25 bits per heavy atom. The van der Waals surface area contributed by atoms with Crippen molar-refractivity contribution >= 4 is 23.4 Å². The van der Waals surface area contributed by atoms with Crippen LogP contribution in [0.1, 0.15) is 16.7 Å². The van der Waals surface area contributed by atoms with E-state index in [0.717, 1.165) is 22.4 Å². The number of hydrogen-bond donors (Lipinski definition) is 2. The van der Waals surface area contributed by atoms with Crippen molar-refractivity contribution in [1.82, 2.24) is 5.43 Å². The normalized spacial score (nSPS) is 11.4. The number of nitrogens with one attached hydrogen (secondary N) is 2. The standard InChI is InChI=1S/C24H23N3O/c1-19-10-8-9-15-22(19)25-18-24(28)27-26-23(21-13-6-3-7-14-21)17-16-20-11-4-2-5-12-20/h2-17,25H,18H2,1H3,(H,27,28)/b17-16-,26-23?. The van der Waals surface area contributed by atoms with Gasteiger partial charge in [-0.05, 0) is 30.2 Å². The Morgan fingerprint density at radius 1 is 0.893 bits per heavy atom. The highest BCUT2D eigenvalue weighted by Crippen LogP contribution is 2.12. The molecule has 3 aromatic rings. The minimum Gasteiger partial charge on any atom is -0.376 e. The van der Waals surface area contributed by atoms with Crippen LogP contribution in [0.4, 0.5) is 5.69 Å². The molecule has 0 atom stereocenters. The number of amides is 1. The third kappa shape index (κ3) is 5.68. The first-order valence-electron chi connectivity index (χ1n) is 9.17. The molecule has 3 aromatic carbocycles. The van der Waals surface area contributed by atoms with E-state index < -0.39 is 0 Å². The molecule has 0 aliphatic carbocycles. The Kier molecular flexibility index (Phi) is 6.74. The number of anilines is 1. The molecular formula is C24H23N3O. The van der Waals surface area contributed by atoms with Gasteiger partial charge in [0.25, 0.3) is 5.91 Å². The first-order valence-corrected chi connectivity index (χ1v) is 9.17. The van der Waals surface area contributed by atoms with Crippen molar-refractivity contribution in [3.05, 3.63) is 108 Å². The van der Waals surface area contributed by atoms with Crippen molar-refractivity contribution in [3.8, 4) is 0 Å². The molecule has 4 heteroatoms. The zero-order chi connectivity index (χ0) is 19.6. The molecule has 4 nitrogen and oxygen atoms in total. The molecule has 2 N–H and O–H groups in total. The van der Waals surface area contributed by atoms with Crippen LogP contribution in [0.15, 0.2) is 96.1 Å². The highest BCUT2D eigenvalue weighted by atomic mass is 16.2. The maximum absolute atomic E-state index is 12.2. The van der Waals surface area contributed by atoms with Crippen LogP contribution in [-0.4, -0.2) is 18.2 Å². The van der Waals surface area contributed by atoms with Crippen molar-refractivity contribution in [2.45, 2.75) is 6.92 Å². The molecule has 0 bridgehead atoms. The van der Waals surface area contributed by atoms with Gasteiger partial charge < -0.3 is 5.32 Å². The van der Waals surface area contributed by atoms with E-state index in [9.17, 15) is 4.79 Å². The van der Waals surface area contributed by atoms with Crippen LogP contribution < -0.4 is 10.7 Å². The summed E-state index contributed by atoms with van der Waals surface area (Å²) in [5.41, 5.74) is 7.36. The van der Waals surface area contributed by atoms with Gasteiger partial charge in [-0.3, -0.25) is 4.79 Å². The molecule has 0 unspecified atom stereocenters. The van der Waals surface area contributed by atoms with Gasteiger partial charge in [0.1, 0.15) is 0 Å². The number of carbonyl (C=O) groups is 1. The fourth-order valence-electron chi connectivity index (χ4n) is 2.66. The number of nitrogens with zero attached hydrogens (tertiary/aromatic N) is 1.